The summed E-state index contributed by atoms with van der Waals surface area (Å²) in [6.45, 7) is 4.91. The van der Waals surface area contributed by atoms with Gasteiger partial charge in [-0.15, -0.1) is 0 Å². The maximum Gasteiger partial charge on any atom is 0.472 e. The number of phosphoric ester groups is 2. The molecule has 5 atom stereocenters. The third-order valence-electron chi connectivity index (χ3n) is 16.4. The number of carbonyl (C=O) groups is 4. The largest absolute Gasteiger partial charge is 0.472 e. The van der Waals surface area contributed by atoms with Crippen LogP contribution in [0.25, 0.3) is 0 Å². The molecule has 0 heterocycles. The van der Waals surface area contributed by atoms with Crippen molar-refractivity contribution in [2.45, 2.75) is 386 Å². The highest BCUT2D eigenvalue weighted by molar-refractivity contribution is 7.47. The summed E-state index contributed by atoms with van der Waals surface area (Å²) in [5.74, 6) is -2.12. The van der Waals surface area contributed by atoms with Crippen molar-refractivity contribution in [1.82, 2.24) is 0 Å². The van der Waals surface area contributed by atoms with Gasteiger partial charge < -0.3 is 33.8 Å². The third kappa shape index (κ3) is 64.6. The van der Waals surface area contributed by atoms with Gasteiger partial charge in [0.25, 0.3) is 0 Å². The summed E-state index contributed by atoms with van der Waals surface area (Å²) < 4.78 is 68.2. The zero-order valence-corrected chi connectivity index (χ0v) is 59.2. The van der Waals surface area contributed by atoms with E-state index in [9.17, 15) is 43.2 Å². The Morgan fingerprint density at radius 1 is 0.270 bits per heavy atom. The van der Waals surface area contributed by atoms with Crippen molar-refractivity contribution in [2.75, 3.05) is 39.6 Å². The van der Waals surface area contributed by atoms with E-state index in [1.54, 1.807) is 0 Å². The molecule has 3 N–H and O–H groups in total. The molecule has 0 bridgehead atoms. The smallest absolute Gasteiger partial charge is 0.462 e. The zero-order valence-electron chi connectivity index (χ0n) is 57.4. The predicted molar refractivity (Wildman–Crippen MR) is 359 cm³/mol. The minimum absolute atomic E-state index is 0.107. The van der Waals surface area contributed by atoms with Crippen molar-refractivity contribution in [3.05, 3.63) is 0 Å². The van der Waals surface area contributed by atoms with Crippen molar-refractivity contribution in [1.29, 1.82) is 0 Å². The van der Waals surface area contributed by atoms with Gasteiger partial charge >= 0.3 is 39.5 Å². The topological polar surface area (TPSA) is 237 Å². The molecule has 2 unspecified atom stereocenters. The van der Waals surface area contributed by atoms with Crippen LogP contribution in [0, 0.1) is 0 Å². The lowest BCUT2D eigenvalue weighted by Crippen LogP contribution is -2.30. The van der Waals surface area contributed by atoms with Gasteiger partial charge in [-0.25, -0.2) is 9.13 Å². The van der Waals surface area contributed by atoms with Crippen LogP contribution in [0.15, 0.2) is 0 Å². The van der Waals surface area contributed by atoms with Crippen LogP contribution in [0.1, 0.15) is 368 Å². The molecule has 0 aromatic rings. The van der Waals surface area contributed by atoms with Gasteiger partial charge in [0.05, 0.1) is 26.4 Å². The van der Waals surface area contributed by atoms with Gasteiger partial charge in [0.2, 0.25) is 0 Å². The summed E-state index contributed by atoms with van der Waals surface area (Å²) in [7, 11) is -9.89. The van der Waals surface area contributed by atoms with Crippen LogP contribution in [-0.4, -0.2) is 96.7 Å². The second-order valence-corrected chi connectivity index (χ2v) is 28.2. The highest BCUT2D eigenvalue weighted by atomic mass is 31.2. The standard InChI is InChI=1S/C70H136O17P2/c1-5-9-13-17-21-25-28-30-31-32-33-34-35-36-38-41-45-49-53-57-70(75)87-66(61-81-68(73)55-51-47-43-40-37-29-26-22-18-14-10-6-2)63-85-89(78,79)83-59-64(71)58-82-88(76,77)84-62-65(60-80-67(72)54-50-46-42-24-20-16-12-8-4)86-69(74)56-52-48-44-39-27-23-19-15-11-7-3/h64-66,71H,5-63H2,1-4H3,(H,76,77)(H,78,79)/t64-,65+,66+/m0/s1. The molecule has 0 aliphatic heterocycles. The van der Waals surface area contributed by atoms with Crippen LogP contribution >= 0.6 is 15.6 Å². The van der Waals surface area contributed by atoms with Crippen molar-refractivity contribution < 1.29 is 80.2 Å². The van der Waals surface area contributed by atoms with E-state index in [1.165, 1.54) is 193 Å². The van der Waals surface area contributed by atoms with Gasteiger partial charge in [0.1, 0.15) is 19.3 Å². The lowest BCUT2D eigenvalue weighted by atomic mass is 10.0. The number of hydrogen-bond acceptors (Lipinski definition) is 15. The number of unbranched alkanes of at least 4 members (excludes halogenated alkanes) is 45. The molecule has 0 saturated carbocycles. The molecule has 0 aromatic carbocycles. The molecule has 17 nitrogen and oxygen atoms in total. The highest BCUT2D eigenvalue weighted by Crippen LogP contribution is 2.45. The number of hydrogen-bond donors (Lipinski definition) is 3. The van der Waals surface area contributed by atoms with Crippen LogP contribution in [-0.2, 0) is 65.4 Å². The Morgan fingerprint density at radius 2 is 0.449 bits per heavy atom. The first kappa shape index (κ1) is 87.1. The van der Waals surface area contributed by atoms with E-state index in [1.807, 2.05) is 0 Å². The van der Waals surface area contributed by atoms with E-state index in [0.29, 0.717) is 25.7 Å². The Labute approximate surface area is 543 Å². The first-order valence-electron chi connectivity index (χ1n) is 36.8. The Bertz CT molecular complexity index is 1710. The van der Waals surface area contributed by atoms with Crippen LogP contribution < -0.4 is 0 Å². The molecular formula is C70H136O17P2. The molecule has 528 valence electrons. The average Bonchev–Trinajstić information content (AvgIpc) is 3.56. The quantitative estimate of drug-likeness (QED) is 0.0222. The summed E-state index contributed by atoms with van der Waals surface area (Å²) in [5.41, 5.74) is 0. The van der Waals surface area contributed by atoms with Crippen LogP contribution in [0.2, 0.25) is 0 Å². The fraction of sp³-hybridized carbons (Fsp3) is 0.943. The number of aliphatic hydroxyl groups is 1. The zero-order chi connectivity index (χ0) is 65.4. The predicted octanol–water partition coefficient (Wildman–Crippen LogP) is 20.3. The summed E-state index contributed by atoms with van der Waals surface area (Å²) in [5, 5.41) is 10.6. The molecule has 0 saturated heterocycles. The summed E-state index contributed by atoms with van der Waals surface area (Å²) >= 11 is 0. The Morgan fingerprint density at radius 3 is 0.663 bits per heavy atom. The Hall–Kier alpha value is -1.94. The number of ether oxygens (including phenoxy) is 4. The monoisotopic (exact) mass is 1310 g/mol. The number of aliphatic hydroxyl groups excluding tert-OH is 1. The molecule has 19 heteroatoms. The van der Waals surface area contributed by atoms with Gasteiger partial charge in [-0.3, -0.25) is 37.3 Å². The summed E-state index contributed by atoms with van der Waals surface area (Å²) in [6, 6.07) is 0. The Balaban J connectivity index is 5.17. The second-order valence-electron chi connectivity index (χ2n) is 25.3. The van der Waals surface area contributed by atoms with Crippen LogP contribution in [0.4, 0.5) is 0 Å². The molecule has 0 radical (unpaired) electrons. The first-order chi connectivity index (χ1) is 43.2. The van der Waals surface area contributed by atoms with Crippen molar-refractivity contribution in [2.24, 2.45) is 0 Å². The maximum atomic E-state index is 13.0. The lowest BCUT2D eigenvalue weighted by molar-refractivity contribution is -0.161. The second kappa shape index (κ2) is 64.8. The number of rotatable bonds is 71. The fourth-order valence-electron chi connectivity index (χ4n) is 10.7. The van der Waals surface area contributed by atoms with Crippen molar-refractivity contribution >= 4 is 39.5 Å². The normalized spacial score (nSPS) is 14.0. The van der Waals surface area contributed by atoms with E-state index < -0.39 is 97.5 Å². The maximum absolute atomic E-state index is 13.0. The highest BCUT2D eigenvalue weighted by Gasteiger charge is 2.30. The van der Waals surface area contributed by atoms with E-state index in [2.05, 4.69) is 27.7 Å². The number of carbonyl (C=O) groups excluding carboxylic acids is 4. The molecule has 0 spiro atoms. The van der Waals surface area contributed by atoms with Gasteiger partial charge in [-0.1, -0.05) is 317 Å². The first-order valence-corrected chi connectivity index (χ1v) is 39.8. The summed E-state index contributed by atoms with van der Waals surface area (Å²) in [4.78, 5) is 72.4. The van der Waals surface area contributed by atoms with Crippen LogP contribution in [0.3, 0.4) is 0 Å². The molecule has 0 amide bonds. The molecule has 0 aliphatic rings. The van der Waals surface area contributed by atoms with Gasteiger partial charge in [0.15, 0.2) is 12.2 Å². The molecule has 0 rings (SSSR count). The van der Waals surface area contributed by atoms with E-state index >= 15 is 0 Å². The molecule has 0 fully saturated rings. The SMILES string of the molecule is CCCCCCCCCCCCCCCCCCCCCC(=O)O[C@H](COC(=O)CCCCCCCCCCCCCC)COP(=O)(O)OC[C@@H](O)COP(=O)(O)OC[C@@H](COC(=O)CCCCCCCCCC)OC(=O)CCCCCCCCCCCC. The van der Waals surface area contributed by atoms with E-state index in [0.717, 1.165) is 96.3 Å². The minimum Gasteiger partial charge on any atom is -0.462 e. The number of esters is 4. The molecule has 89 heavy (non-hydrogen) atoms. The van der Waals surface area contributed by atoms with E-state index in [-0.39, 0.29) is 25.7 Å². The molecule has 0 aliphatic carbocycles. The van der Waals surface area contributed by atoms with Crippen LogP contribution in [0.5, 0.6) is 0 Å². The average molecular weight is 1310 g/mol. The van der Waals surface area contributed by atoms with Gasteiger partial charge in [-0.05, 0) is 25.7 Å². The summed E-state index contributed by atoms with van der Waals surface area (Å²) in [6.07, 6.45) is 52.8. The van der Waals surface area contributed by atoms with Crippen molar-refractivity contribution in [3.63, 3.8) is 0 Å². The molecular weight excluding hydrogens is 1170 g/mol. The van der Waals surface area contributed by atoms with Gasteiger partial charge in [0, 0.05) is 25.7 Å². The third-order valence-corrected chi connectivity index (χ3v) is 18.3. The van der Waals surface area contributed by atoms with Gasteiger partial charge in [-0.2, -0.15) is 0 Å². The van der Waals surface area contributed by atoms with Crippen molar-refractivity contribution in [3.8, 4) is 0 Å². The Kier molecular flexibility index (Phi) is 63.3. The van der Waals surface area contributed by atoms with E-state index in [4.69, 9.17) is 37.0 Å². The minimum atomic E-state index is -4.95. The lowest BCUT2D eigenvalue weighted by Gasteiger charge is -2.21. The number of phosphoric acid groups is 2. The molecule has 0 aromatic heterocycles. The fourth-order valence-corrected chi connectivity index (χ4v) is 12.3.